The number of fused-ring (bicyclic) bond motifs is 1. The van der Waals surface area contributed by atoms with Crippen LogP contribution in [0.3, 0.4) is 0 Å². The molecule has 0 aliphatic carbocycles. The van der Waals surface area contributed by atoms with E-state index in [1.165, 1.54) is 0 Å². The zero-order chi connectivity index (χ0) is 13.2. The first-order valence-electron chi connectivity index (χ1n) is 5.81. The van der Waals surface area contributed by atoms with Crippen molar-refractivity contribution in [3.05, 3.63) is 30.6 Å². The van der Waals surface area contributed by atoms with Crippen LogP contribution in [0.25, 0.3) is 22.6 Å². The molecule has 0 fully saturated rings. The van der Waals surface area contributed by atoms with Crippen molar-refractivity contribution < 1.29 is 4.63 Å². The number of allylic oxidation sites excluding steroid dienone is 2. The van der Waals surface area contributed by atoms with Crippen molar-refractivity contribution in [1.82, 2.24) is 24.8 Å². The van der Waals surface area contributed by atoms with E-state index in [-0.39, 0.29) is 5.82 Å². The zero-order valence-corrected chi connectivity index (χ0v) is 10.3. The maximum absolute atomic E-state index is 5.74. The van der Waals surface area contributed by atoms with Crippen LogP contribution in [0.15, 0.2) is 35.2 Å². The number of pyridine rings is 1. The van der Waals surface area contributed by atoms with Crippen LogP contribution < -0.4 is 5.73 Å². The Kier molecular flexibility index (Phi) is 2.71. The molecule has 3 aromatic rings. The maximum atomic E-state index is 5.74. The van der Waals surface area contributed by atoms with Gasteiger partial charge in [-0.3, -0.25) is 4.98 Å². The van der Waals surface area contributed by atoms with Crippen molar-refractivity contribution in [1.29, 1.82) is 0 Å². The van der Waals surface area contributed by atoms with E-state index in [1.54, 1.807) is 12.4 Å². The number of rotatable bonds is 3. The van der Waals surface area contributed by atoms with E-state index in [9.17, 15) is 0 Å². The Bertz CT molecular complexity index is 742. The van der Waals surface area contributed by atoms with Crippen molar-refractivity contribution >= 4 is 16.9 Å². The standard InChI is InChI=1S/C12H12N6O/c1-2-3-6-18-9-4-5-14-7-8(9)15-12(18)10-11(13)17-19-16-10/h2-5,7H,6H2,1H3,(H2,13,17)/b3-2-. The minimum absolute atomic E-state index is 0.227. The summed E-state index contributed by atoms with van der Waals surface area (Å²) in [5.74, 6) is 0.852. The number of nitrogens with two attached hydrogens (primary N) is 1. The van der Waals surface area contributed by atoms with Gasteiger partial charge in [0.05, 0.1) is 11.7 Å². The summed E-state index contributed by atoms with van der Waals surface area (Å²) < 4.78 is 6.64. The van der Waals surface area contributed by atoms with Crippen molar-refractivity contribution in [2.45, 2.75) is 13.5 Å². The van der Waals surface area contributed by atoms with Crippen molar-refractivity contribution in [3.8, 4) is 11.5 Å². The van der Waals surface area contributed by atoms with Gasteiger partial charge in [-0.05, 0) is 23.3 Å². The average Bonchev–Trinajstić information content (AvgIpc) is 2.99. The highest BCUT2D eigenvalue weighted by molar-refractivity contribution is 5.80. The lowest BCUT2D eigenvalue weighted by atomic mass is 10.3. The number of hydrogen-bond donors (Lipinski definition) is 1. The second-order valence-electron chi connectivity index (χ2n) is 3.98. The van der Waals surface area contributed by atoms with Crippen LogP contribution in [-0.4, -0.2) is 24.8 Å². The molecule has 0 unspecified atom stereocenters. The maximum Gasteiger partial charge on any atom is 0.199 e. The zero-order valence-electron chi connectivity index (χ0n) is 10.3. The first-order valence-corrected chi connectivity index (χ1v) is 5.81. The number of nitrogen functional groups attached to an aromatic ring is 1. The van der Waals surface area contributed by atoms with Crippen LogP contribution in [0.4, 0.5) is 5.82 Å². The van der Waals surface area contributed by atoms with Crippen molar-refractivity contribution in [2.75, 3.05) is 5.73 Å². The Labute approximate surface area is 108 Å². The Morgan fingerprint density at radius 3 is 3.05 bits per heavy atom. The van der Waals surface area contributed by atoms with Crippen LogP contribution in [-0.2, 0) is 6.54 Å². The average molecular weight is 256 g/mol. The summed E-state index contributed by atoms with van der Waals surface area (Å²) in [5.41, 5.74) is 7.93. The number of hydrogen-bond acceptors (Lipinski definition) is 6. The molecule has 0 aliphatic rings. The molecule has 0 bridgehead atoms. The molecular weight excluding hydrogens is 244 g/mol. The lowest BCUT2D eigenvalue weighted by Gasteiger charge is -2.03. The monoisotopic (exact) mass is 256 g/mol. The number of nitrogens with zero attached hydrogens (tertiary/aromatic N) is 5. The third-order valence-electron chi connectivity index (χ3n) is 2.80. The summed E-state index contributed by atoms with van der Waals surface area (Å²) in [5, 5.41) is 7.40. The quantitative estimate of drug-likeness (QED) is 0.715. The number of aromatic nitrogens is 5. The van der Waals surface area contributed by atoms with Gasteiger partial charge < -0.3 is 10.3 Å². The highest BCUT2D eigenvalue weighted by Crippen LogP contribution is 2.25. The second-order valence-corrected chi connectivity index (χ2v) is 3.98. The van der Waals surface area contributed by atoms with E-state index >= 15 is 0 Å². The minimum atomic E-state index is 0.227. The Balaban J connectivity index is 2.25. The van der Waals surface area contributed by atoms with Crippen molar-refractivity contribution in [2.24, 2.45) is 0 Å². The van der Waals surface area contributed by atoms with Crippen LogP contribution in [0.5, 0.6) is 0 Å². The molecule has 0 atom stereocenters. The fourth-order valence-corrected chi connectivity index (χ4v) is 1.91. The van der Waals surface area contributed by atoms with E-state index in [0.29, 0.717) is 18.1 Å². The Morgan fingerprint density at radius 2 is 2.32 bits per heavy atom. The molecule has 0 amide bonds. The molecular formula is C12H12N6O. The van der Waals surface area contributed by atoms with Crippen LogP contribution in [0.1, 0.15) is 6.92 Å². The van der Waals surface area contributed by atoms with Gasteiger partial charge in [-0.25, -0.2) is 9.61 Å². The molecule has 2 N–H and O–H groups in total. The molecule has 3 aromatic heterocycles. The summed E-state index contributed by atoms with van der Waals surface area (Å²) in [4.78, 5) is 8.56. The van der Waals surface area contributed by atoms with E-state index in [4.69, 9.17) is 5.73 Å². The first kappa shape index (κ1) is 11.4. The van der Waals surface area contributed by atoms with Crippen LogP contribution in [0, 0.1) is 0 Å². The van der Waals surface area contributed by atoms with E-state index in [1.807, 2.05) is 29.7 Å². The first-order chi connectivity index (χ1) is 9.31. The van der Waals surface area contributed by atoms with E-state index in [0.717, 1.165) is 11.0 Å². The highest BCUT2D eigenvalue weighted by Gasteiger charge is 2.18. The topological polar surface area (TPSA) is 95.7 Å². The lowest BCUT2D eigenvalue weighted by Crippen LogP contribution is -2.00. The molecule has 0 spiro atoms. The smallest absolute Gasteiger partial charge is 0.199 e. The third kappa shape index (κ3) is 1.85. The van der Waals surface area contributed by atoms with Gasteiger partial charge in [0.25, 0.3) is 0 Å². The van der Waals surface area contributed by atoms with Gasteiger partial charge in [0, 0.05) is 12.7 Å². The summed E-state index contributed by atoms with van der Waals surface area (Å²) in [6.07, 6.45) is 7.43. The van der Waals surface area contributed by atoms with Gasteiger partial charge in [0.1, 0.15) is 5.52 Å². The third-order valence-corrected chi connectivity index (χ3v) is 2.80. The summed E-state index contributed by atoms with van der Waals surface area (Å²) >= 11 is 0. The minimum Gasteiger partial charge on any atom is -0.379 e. The second kappa shape index (κ2) is 4.52. The molecule has 0 saturated heterocycles. The summed E-state index contributed by atoms with van der Waals surface area (Å²) in [7, 11) is 0. The molecule has 3 heterocycles. The summed E-state index contributed by atoms with van der Waals surface area (Å²) in [6, 6.07) is 1.90. The molecule has 7 heteroatoms. The van der Waals surface area contributed by atoms with Gasteiger partial charge in [0.2, 0.25) is 0 Å². The van der Waals surface area contributed by atoms with Gasteiger partial charge in [0.15, 0.2) is 17.3 Å². The molecule has 7 nitrogen and oxygen atoms in total. The van der Waals surface area contributed by atoms with Crippen molar-refractivity contribution in [3.63, 3.8) is 0 Å². The fourth-order valence-electron chi connectivity index (χ4n) is 1.91. The van der Waals surface area contributed by atoms with E-state index in [2.05, 4.69) is 24.9 Å². The van der Waals surface area contributed by atoms with Crippen LogP contribution in [0.2, 0.25) is 0 Å². The predicted molar refractivity (Wildman–Crippen MR) is 70.0 cm³/mol. The number of anilines is 1. The molecule has 96 valence electrons. The molecule has 0 aliphatic heterocycles. The Hall–Kier alpha value is -2.70. The highest BCUT2D eigenvalue weighted by atomic mass is 16.6. The van der Waals surface area contributed by atoms with Gasteiger partial charge >= 0.3 is 0 Å². The largest absolute Gasteiger partial charge is 0.379 e. The molecule has 19 heavy (non-hydrogen) atoms. The van der Waals surface area contributed by atoms with Crippen LogP contribution >= 0.6 is 0 Å². The van der Waals surface area contributed by atoms with E-state index < -0.39 is 0 Å². The van der Waals surface area contributed by atoms with Gasteiger partial charge in [-0.1, -0.05) is 12.2 Å². The molecule has 0 aromatic carbocycles. The summed E-state index contributed by atoms with van der Waals surface area (Å²) in [6.45, 7) is 2.63. The predicted octanol–water partition coefficient (Wildman–Crippen LogP) is 1.64. The fraction of sp³-hybridized carbons (Fsp3) is 0.167. The SMILES string of the molecule is C/C=C\Cn1c(-c2nonc2N)nc2cnccc21. The van der Waals surface area contributed by atoms with Gasteiger partial charge in [-0.2, -0.15) is 0 Å². The molecule has 0 saturated carbocycles. The lowest BCUT2D eigenvalue weighted by molar-refractivity contribution is 0.310. The number of imidazole rings is 1. The van der Waals surface area contributed by atoms with Gasteiger partial charge in [-0.15, -0.1) is 0 Å². The Morgan fingerprint density at radius 1 is 1.42 bits per heavy atom. The molecule has 0 radical (unpaired) electrons. The normalized spacial score (nSPS) is 11.6. The molecule has 3 rings (SSSR count).